The lowest BCUT2D eigenvalue weighted by Gasteiger charge is -2.15. The van der Waals surface area contributed by atoms with Crippen LogP contribution in [0.15, 0.2) is 48.5 Å². The molecule has 3 nitrogen and oxygen atoms in total. The Labute approximate surface area is 114 Å². The van der Waals surface area contributed by atoms with Crippen molar-refractivity contribution in [3.63, 3.8) is 0 Å². The van der Waals surface area contributed by atoms with Gasteiger partial charge in [-0.2, -0.15) is 0 Å². The van der Waals surface area contributed by atoms with Crippen LogP contribution in [-0.4, -0.2) is 19.0 Å². The minimum atomic E-state index is 0.575. The summed E-state index contributed by atoms with van der Waals surface area (Å²) in [5, 5.41) is 0. The van der Waals surface area contributed by atoms with Gasteiger partial charge in [-0.05, 0) is 37.9 Å². The molecule has 2 rings (SSSR count). The van der Waals surface area contributed by atoms with Gasteiger partial charge < -0.3 is 15.4 Å². The molecule has 0 spiro atoms. The van der Waals surface area contributed by atoms with Gasteiger partial charge in [-0.3, -0.25) is 0 Å². The van der Waals surface area contributed by atoms with Crippen molar-refractivity contribution in [3.05, 3.63) is 59.7 Å². The average molecular weight is 256 g/mol. The van der Waals surface area contributed by atoms with Gasteiger partial charge in [0.1, 0.15) is 12.4 Å². The Hall–Kier alpha value is -2.00. The van der Waals surface area contributed by atoms with E-state index >= 15 is 0 Å². The van der Waals surface area contributed by atoms with Gasteiger partial charge >= 0.3 is 0 Å². The van der Waals surface area contributed by atoms with Crippen LogP contribution in [0.3, 0.4) is 0 Å². The van der Waals surface area contributed by atoms with Crippen molar-refractivity contribution in [1.82, 2.24) is 4.90 Å². The summed E-state index contributed by atoms with van der Waals surface area (Å²) in [5.74, 6) is 0.895. The maximum atomic E-state index is 5.90. The van der Waals surface area contributed by atoms with Crippen molar-refractivity contribution in [1.29, 1.82) is 0 Å². The van der Waals surface area contributed by atoms with Crippen LogP contribution in [0.1, 0.15) is 11.1 Å². The van der Waals surface area contributed by atoms with Gasteiger partial charge in [0, 0.05) is 17.8 Å². The van der Waals surface area contributed by atoms with E-state index in [4.69, 9.17) is 10.5 Å². The van der Waals surface area contributed by atoms with E-state index in [-0.39, 0.29) is 0 Å². The zero-order valence-corrected chi connectivity index (χ0v) is 11.5. The van der Waals surface area contributed by atoms with E-state index in [1.807, 2.05) is 50.5 Å². The van der Waals surface area contributed by atoms with E-state index < -0.39 is 0 Å². The summed E-state index contributed by atoms with van der Waals surface area (Å²) in [7, 11) is 4.06. The first kappa shape index (κ1) is 13.4. The minimum Gasteiger partial charge on any atom is -0.489 e. The van der Waals surface area contributed by atoms with Gasteiger partial charge in [0.05, 0.1) is 0 Å². The summed E-state index contributed by atoms with van der Waals surface area (Å²) in [6, 6.07) is 15.9. The topological polar surface area (TPSA) is 38.5 Å². The molecule has 0 saturated heterocycles. The molecule has 0 aromatic heterocycles. The van der Waals surface area contributed by atoms with E-state index in [0.717, 1.165) is 29.1 Å². The van der Waals surface area contributed by atoms with Gasteiger partial charge in [0.2, 0.25) is 0 Å². The molecule has 0 fully saturated rings. The van der Waals surface area contributed by atoms with Gasteiger partial charge in [-0.15, -0.1) is 0 Å². The van der Waals surface area contributed by atoms with E-state index in [2.05, 4.69) is 17.0 Å². The van der Waals surface area contributed by atoms with E-state index in [0.29, 0.717) is 6.61 Å². The molecular weight excluding hydrogens is 236 g/mol. The molecule has 0 aliphatic carbocycles. The largest absolute Gasteiger partial charge is 0.489 e. The summed E-state index contributed by atoms with van der Waals surface area (Å²) < 4.78 is 5.90. The molecular formula is C16H20N2O. The molecule has 0 amide bonds. The van der Waals surface area contributed by atoms with Gasteiger partial charge in [0.25, 0.3) is 0 Å². The molecule has 0 radical (unpaired) electrons. The predicted octanol–water partition coefficient (Wildman–Crippen LogP) is 2.91. The second kappa shape index (κ2) is 6.25. The summed E-state index contributed by atoms with van der Waals surface area (Å²) >= 11 is 0. The lowest BCUT2D eigenvalue weighted by Crippen LogP contribution is -2.12. The molecule has 2 aromatic carbocycles. The van der Waals surface area contributed by atoms with Crippen LogP contribution < -0.4 is 10.5 Å². The second-order valence-corrected chi connectivity index (χ2v) is 4.88. The molecule has 0 saturated carbocycles. The van der Waals surface area contributed by atoms with Crippen LogP contribution in [0.4, 0.5) is 5.69 Å². The number of rotatable bonds is 5. The summed E-state index contributed by atoms with van der Waals surface area (Å²) in [5.41, 5.74) is 8.88. The lowest BCUT2D eigenvalue weighted by molar-refractivity contribution is 0.295. The predicted molar refractivity (Wildman–Crippen MR) is 79.0 cm³/mol. The highest BCUT2D eigenvalue weighted by molar-refractivity contribution is 5.47. The molecule has 0 aliphatic rings. The Balaban J connectivity index is 2.11. The molecule has 2 N–H and O–H groups in total. The molecule has 0 unspecified atom stereocenters. The Kier molecular flexibility index (Phi) is 4.42. The number of nitrogens with zero attached hydrogens (tertiary/aromatic N) is 1. The minimum absolute atomic E-state index is 0.575. The highest BCUT2D eigenvalue weighted by Gasteiger charge is 2.06. The Morgan fingerprint density at radius 2 is 1.79 bits per heavy atom. The number of anilines is 1. The fraction of sp³-hybridized carbons (Fsp3) is 0.250. The maximum absolute atomic E-state index is 5.90. The van der Waals surface area contributed by atoms with Crippen molar-refractivity contribution >= 4 is 5.69 Å². The number of nitrogen functional groups attached to an aromatic ring is 1. The smallest absolute Gasteiger partial charge is 0.124 e. The van der Waals surface area contributed by atoms with Crippen molar-refractivity contribution in [2.24, 2.45) is 0 Å². The summed E-state index contributed by atoms with van der Waals surface area (Å²) in [6.45, 7) is 1.39. The third kappa shape index (κ3) is 4.00. The van der Waals surface area contributed by atoms with Crippen LogP contribution in [0, 0.1) is 0 Å². The first-order valence-electron chi connectivity index (χ1n) is 6.35. The van der Waals surface area contributed by atoms with Crippen molar-refractivity contribution < 1.29 is 4.74 Å². The van der Waals surface area contributed by atoms with Gasteiger partial charge in [-0.25, -0.2) is 0 Å². The Bertz CT molecular complexity index is 524. The first-order chi connectivity index (χ1) is 9.15. The third-order valence-corrected chi connectivity index (χ3v) is 2.81. The second-order valence-electron chi connectivity index (χ2n) is 4.88. The fourth-order valence-electron chi connectivity index (χ4n) is 1.94. The molecule has 2 aromatic rings. The van der Waals surface area contributed by atoms with Crippen LogP contribution >= 0.6 is 0 Å². The van der Waals surface area contributed by atoms with Crippen molar-refractivity contribution in [2.45, 2.75) is 13.2 Å². The van der Waals surface area contributed by atoms with Crippen LogP contribution in [-0.2, 0) is 13.2 Å². The molecule has 0 heterocycles. The highest BCUT2D eigenvalue weighted by atomic mass is 16.5. The first-order valence-corrected chi connectivity index (χ1v) is 6.35. The molecule has 0 atom stereocenters. The third-order valence-electron chi connectivity index (χ3n) is 2.81. The summed E-state index contributed by atoms with van der Waals surface area (Å²) in [4.78, 5) is 2.10. The van der Waals surface area contributed by atoms with Crippen LogP contribution in [0.5, 0.6) is 5.75 Å². The maximum Gasteiger partial charge on any atom is 0.124 e. The van der Waals surface area contributed by atoms with E-state index in [1.54, 1.807) is 0 Å². The standard InChI is InChI=1S/C16H20N2O/c1-18(2)11-14-10-15(17)8-9-16(14)19-12-13-6-4-3-5-7-13/h3-10H,11-12,17H2,1-2H3. The lowest BCUT2D eigenvalue weighted by atomic mass is 10.1. The molecule has 3 heteroatoms. The molecule has 100 valence electrons. The zero-order valence-electron chi connectivity index (χ0n) is 11.5. The van der Waals surface area contributed by atoms with Crippen LogP contribution in [0.25, 0.3) is 0 Å². The number of hydrogen-bond donors (Lipinski definition) is 1. The number of benzene rings is 2. The average Bonchev–Trinajstić information content (AvgIpc) is 2.38. The highest BCUT2D eigenvalue weighted by Crippen LogP contribution is 2.23. The quantitative estimate of drug-likeness (QED) is 0.836. The van der Waals surface area contributed by atoms with Crippen LogP contribution in [0.2, 0.25) is 0 Å². The zero-order chi connectivity index (χ0) is 13.7. The fourth-order valence-corrected chi connectivity index (χ4v) is 1.94. The number of ether oxygens (including phenoxy) is 1. The Morgan fingerprint density at radius 3 is 2.47 bits per heavy atom. The molecule has 0 bridgehead atoms. The normalized spacial score (nSPS) is 10.7. The number of nitrogens with two attached hydrogens (primary N) is 1. The van der Waals surface area contributed by atoms with Crippen molar-refractivity contribution in [3.8, 4) is 5.75 Å². The van der Waals surface area contributed by atoms with E-state index in [9.17, 15) is 0 Å². The SMILES string of the molecule is CN(C)Cc1cc(N)ccc1OCc1ccccc1. The van der Waals surface area contributed by atoms with Gasteiger partial charge in [-0.1, -0.05) is 30.3 Å². The van der Waals surface area contributed by atoms with Crippen molar-refractivity contribution in [2.75, 3.05) is 19.8 Å². The van der Waals surface area contributed by atoms with Gasteiger partial charge in [0.15, 0.2) is 0 Å². The summed E-state index contributed by atoms with van der Waals surface area (Å²) in [6.07, 6.45) is 0. The monoisotopic (exact) mass is 256 g/mol. The molecule has 0 aliphatic heterocycles. The van der Waals surface area contributed by atoms with E-state index in [1.165, 1.54) is 0 Å². The molecule has 19 heavy (non-hydrogen) atoms. The number of hydrogen-bond acceptors (Lipinski definition) is 3. The Morgan fingerprint density at radius 1 is 1.05 bits per heavy atom.